The summed E-state index contributed by atoms with van der Waals surface area (Å²) in [6, 6.07) is 0.277. The Kier molecular flexibility index (Phi) is 3.53. The molecule has 1 N–H and O–H groups in total. The van der Waals surface area contributed by atoms with E-state index >= 15 is 0 Å². The van der Waals surface area contributed by atoms with Crippen LogP contribution < -0.4 is 5.32 Å². The third kappa shape index (κ3) is 2.66. The van der Waals surface area contributed by atoms with Gasteiger partial charge in [-0.1, -0.05) is 0 Å². The van der Waals surface area contributed by atoms with Gasteiger partial charge in [0.15, 0.2) is 0 Å². The summed E-state index contributed by atoms with van der Waals surface area (Å²) in [5.74, 6) is 0.827. The van der Waals surface area contributed by atoms with Crippen molar-refractivity contribution in [3.63, 3.8) is 0 Å². The SMILES string of the molecule is CC(Nc1ncncc1Br)C1CCCO1. The van der Waals surface area contributed by atoms with Crippen LogP contribution >= 0.6 is 15.9 Å². The second-order valence-corrected chi connectivity index (χ2v) is 4.56. The molecule has 0 aliphatic carbocycles. The largest absolute Gasteiger partial charge is 0.376 e. The van der Waals surface area contributed by atoms with Gasteiger partial charge in [-0.3, -0.25) is 0 Å². The Balaban J connectivity index is 1.99. The summed E-state index contributed by atoms with van der Waals surface area (Å²) in [5, 5.41) is 3.33. The Labute approximate surface area is 97.6 Å². The van der Waals surface area contributed by atoms with Crippen LogP contribution in [0.5, 0.6) is 0 Å². The monoisotopic (exact) mass is 271 g/mol. The Hall–Kier alpha value is -0.680. The number of hydrogen-bond acceptors (Lipinski definition) is 4. The molecule has 0 radical (unpaired) electrons. The minimum absolute atomic E-state index is 0.277. The Morgan fingerprint density at radius 2 is 2.53 bits per heavy atom. The van der Waals surface area contributed by atoms with Crippen molar-refractivity contribution >= 4 is 21.7 Å². The Morgan fingerprint density at radius 1 is 1.67 bits per heavy atom. The predicted molar refractivity (Wildman–Crippen MR) is 61.8 cm³/mol. The normalized spacial score (nSPS) is 22.7. The summed E-state index contributed by atoms with van der Waals surface area (Å²) < 4.78 is 6.49. The number of hydrogen-bond donors (Lipinski definition) is 1. The van der Waals surface area contributed by atoms with Crippen LogP contribution in [0.4, 0.5) is 5.82 Å². The molecule has 1 aromatic heterocycles. The fourth-order valence-corrected chi connectivity index (χ4v) is 2.06. The quantitative estimate of drug-likeness (QED) is 0.916. The molecule has 1 aliphatic rings. The van der Waals surface area contributed by atoms with Crippen LogP contribution in [0.15, 0.2) is 17.0 Å². The first-order valence-electron chi connectivity index (χ1n) is 5.11. The highest BCUT2D eigenvalue weighted by atomic mass is 79.9. The molecule has 1 aromatic rings. The van der Waals surface area contributed by atoms with Crippen molar-refractivity contribution in [1.29, 1.82) is 0 Å². The van der Waals surface area contributed by atoms with Crippen LogP contribution in [0.2, 0.25) is 0 Å². The number of nitrogens with one attached hydrogen (secondary N) is 1. The van der Waals surface area contributed by atoms with Crippen LogP contribution in [-0.4, -0.2) is 28.7 Å². The summed E-state index contributed by atoms with van der Waals surface area (Å²) in [4.78, 5) is 8.09. The van der Waals surface area contributed by atoms with Gasteiger partial charge in [0.05, 0.1) is 16.6 Å². The third-order valence-electron chi connectivity index (χ3n) is 2.55. The maximum atomic E-state index is 5.61. The first-order chi connectivity index (χ1) is 7.27. The second-order valence-electron chi connectivity index (χ2n) is 3.70. The van der Waals surface area contributed by atoms with Crippen LogP contribution in [0.25, 0.3) is 0 Å². The lowest BCUT2D eigenvalue weighted by Crippen LogP contribution is -2.30. The van der Waals surface area contributed by atoms with Gasteiger partial charge in [0.1, 0.15) is 12.1 Å². The van der Waals surface area contributed by atoms with Gasteiger partial charge in [-0.2, -0.15) is 0 Å². The van der Waals surface area contributed by atoms with Crippen LogP contribution in [0.3, 0.4) is 0 Å². The Bertz CT molecular complexity index is 328. The van der Waals surface area contributed by atoms with Crippen molar-refractivity contribution in [3.05, 3.63) is 17.0 Å². The Morgan fingerprint density at radius 3 is 3.20 bits per heavy atom. The second kappa shape index (κ2) is 4.90. The van der Waals surface area contributed by atoms with Crippen molar-refractivity contribution in [1.82, 2.24) is 9.97 Å². The van der Waals surface area contributed by atoms with E-state index in [0.29, 0.717) is 6.10 Å². The van der Waals surface area contributed by atoms with Gasteiger partial charge in [0.2, 0.25) is 0 Å². The van der Waals surface area contributed by atoms with E-state index in [-0.39, 0.29) is 6.04 Å². The number of aromatic nitrogens is 2. The fourth-order valence-electron chi connectivity index (χ4n) is 1.72. The molecule has 2 atom stereocenters. The zero-order valence-electron chi connectivity index (χ0n) is 8.61. The van der Waals surface area contributed by atoms with E-state index in [0.717, 1.165) is 29.7 Å². The van der Waals surface area contributed by atoms with Gasteiger partial charge in [-0.25, -0.2) is 9.97 Å². The van der Waals surface area contributed by atoms with Crippen molar-refractivity contribution in [2.24, 2.45) is 0 Å². The lowest BCUT2D eigenvalue weighted by molar-refractivity contribution is 0.0995. The molecule has 4 nitrogen and oxygen atoms in total. The fraction of sp³-hybridized carbons (Fsp3) is 0.600. The van der Waals surface area contributed by atoms with Gasteiger partial charge < -0.3 is 10.1 Å². The first-order valence-corrected chi connectivity index (χ1v) is 5.90. The summed E-state index contributed by atoms with van der Waals surface area (Å²) in [6.45, 7) is 2.99. The van der Waals surface area contributed by atoms with E-state index in [1.807, 2.05) is 0 Å². The summed E-state index contributed by atoms with van der Waals surface area (Å²) >= 11 is 3.41. The third-order valence-corrected chi connectivity index (χ3v) is 3.13. The van der Waals surface area contributed by atoms with Crippen LogP contribution in [0, 0.1) is 0 Å². The van der Waals surface area contributed by atoms with Gasteiger partial charge in [0.25, 0.3) is 0 Å². The van der Waals surface area contributed by atoms with E-state index in [9.17, 15) is 0 Å². The standard InChI is InChI=1S/C10H14BrN3O/c1-7(9-3-2-4-15-9)14-10-8(11)5-12-6-13-10/h5-7,9H,2-4H2,1H3,(H,12,13,14). The van der Waals surface area contributed by atoms with E-state index < -0.39 is 0 Å². The molecule has 0 amide bonds. The molecular weight excluding hydrogens is 258 g/mol. The lowest BCUT2D eigenvalue weighted by atomic mass is 10.1. The smallest absolute Gasteiger partial charge is 0.144 e. The van der Waals surface area contributed by atoms with Crippen molar-refractivity contribution < 1.29 is 4.74 Å². The molecule has 0 aromatic carbocycles. The number of anilines is 1. The molecule has 1 saturated heterocycles. The van der Waals surface area contributed by atoms with E-state index in [2.05, 4.69) is 38.1 Å². The average molecular weight is 272 g/mol. The predicted octanol–water partition coefficient (Wildman–Crippen LogP) is 2.22. The number of ether oxygens (including phenoxy) is 1. The van der Waals surface area contributed by atoms with Gasteiger partial charge in [-0.05, 0) is 35.7 Å². The highest BCUT2D eigenvalue weighted by Crippen LogP contribution is 2.22. The molecule has 82 valence electrons. The van der Waals surface area contributed by atoms with Gasteiger partial charge >= 0.3 is 0 Å². The average Bonchev–Trinajstić information content (AvgIpc) is 2.74. The highest BCUT2D eigenvalue weighted by Gasteiger charge is 2.22. The zero-order valence-corrected chi connectivity index (χ0v) is 10.2. The molecule has 0 saturated carbocycles. The van der Waals surface area contributed by atoms with E-state index in [1.165, 1.54) is 6.33 Å². The highest BCUT2D eigenvalue weighted by molar-refractivity contribution is 9.10. The van der Waals surface area contributed by atoms with Crippen molar-refractivity contribution in [2.45, 2.75) is 31.9 Å². The molecule has 0 spiro atoms. The van der Waals surface area contributed by atoms with E-state index in [1.54, 1.807) is 6.20 Å². The molecule has 0 bridgehead atoms. The zero-order chi connectivity index (χ0) is 10.7. The summed E-state index contributed by atoms with van der Waals surface area (Å²) in [5.41, 5.74) is 0. The van der Waals surface area contributed by atoms with Crippen molar-refractivity contribution in [2.75, 3.05) is 11.9 Å². The van der Waals surface area contributed by atoms with Gasteiger partial charge in [-0.15, -0.1) is 0 Å². The van der Waals surface area contributed by atoms with Crippen LogP contribution in [0.1, 0.15) is 19.8 Å². The maximum absolute atomic E-state index is 5.61. The number of rotatable bonds is 3. The topological polar surface area (TPSA) is 47.0 Å². The van der Waals surface area contributed by atoms with Crippen LogP contribution in [-0.2, 0) is 4.74 Å². The number of nitrogens with zero attached hydrogens (tertiary/aromatic N) is 2. The molecule has 2 rings (SSSR count). The van der Waals surface area contributed by atoms with Crippen molar-refractivity contribution in [3.8, 4) is 0 Å². The first kappa shape index (κ1) is 10.8. The van der Waals surface area contributed by atoms with E-state index in [4.69, 9.17) is 4.74 Å². The molecule has 1 fully saturated rings. The molecule has 2 unspecified atom stereocenters. The van der Waals surface area contributed by atoms with Gasteiger partial charge in [0, 0.05) is 12.8 Å². The molecule has 5 heteroatoms. The minimum atomic E-state index is 0.277. The molecular formula is C10H14BrN3O. The summed E-state index contributed by atoms with van der Waals surface area (Å²) in [7, 11) is 0. The molecule has 15 heavy (non-hydrogen) atoms. The minimum Gasteiger partial charge on any atom is -0.376 e. The summed E-state index contributed by atoms with van der Waals surface area (Å²) in [6.07, 6.45) is 5.85. The number of halogens is 1. The molecule has 1 aliphatic heterocycles. The maximum Gasteiger partial charge on any atom is 0.144 e. The molecule has 2 heterocycles. The lowest BCUT2D eigenvalue weighted by Gasteiger charge is -2.20.